The summed E-state index contributed by atoms with van der Waals surface area (Å²) >= 11 is 1.64. The standard InChI is InChI=1S/C35H37N2O6PS/c1-26(34-30-16-8-10-18-32(30)37(2)33-19-11-9-17-31(33)34)45-29-22-20-28(21-23-29)43-44(39,40)41-25-13-4-3-12-24-36-35(38)42-27-14-6-5-7-15-27/h5-11,14-23H,3-4,12-13,24-25H2,1-2H3,(H,36,38)(H,39,40). The van der Waals surface area contributed by atoms with Crippen LogP contribution in [0.1, 0.15) is 43.7 Å². The van der Waals surface area contributed by atoms with Crippen molar-refractivity contribution >= 4 is 42.6 Å². The molecule has 0 radical (unpaired) electrons. The minimum absolute atomic E-state index is 0.0933. The number of para-hydroxylation sites is 3. The number of amides is 1. The predicted molar refractivity (Wildman–Crippen MR) is 180 cm³/mol. The van der Waals surface area contributed by atoms with Crippen LogP contribution in [0.3, 0.4) is 0 Å². The van der Waals surface area contributed by atoms with Crippen LogP contribution in [0.4, 0.5) is 16.2 Å². The lowest BCUT2D eigenvalue weighted by atomic mass is 9.90. The molecule has 2 N–H and O–H groups in total. The van der Waals surface area contributed by atoms with Gasteiger partial charge in [0.15, 0.2) is 0 Å². The third kappa shape index (κ3) is 8.80. The number of carbonyl (C=O) groups is 1. The number of phosphoric ester groups is 1. The lowest BCUT2D eigenvalue weighted by Gasteiger charge is -2.32. The van der Waals surface area contributed by atoms with Gasteiger partial charge in [-0.2, -0.15) is 0 Å². The zero-order valence-corrected chi connectivity index (χ0v) is 27.1. The van der Waals surface area contributed by atoms with Crippen molar-refractivity contribution in [2.24, 2.45) is 0 Å². The molecular weight excluding hydrogens is 607 g/mol. The Hall–Kier alpha value is -4.01. The largest absolute Gasteiger partial charge is 0.527 e. The van der Waals surface area contributed by atoms with Gasteiger partial charge < -0.3 is 19.5 Å². The molecule has 5 rings (SSSR count). The number of unbranched alkanes of at least 4 members (excludes halogenated alkanes) is 3. The zero-order valence-electron chi connectivity index (χ0n) is 25.3. The van der Waals surface area contributed by atoms with Crippen LogP contribution in [0.5, 0.6) is 11.5 Å². The van der Waals surface area contributed by atoms with E-state index in [0.29, 0.717) is 18.7 Å². The van der Waals surface area contributed by atoms with E-state index in [1.807, 2.05) is 18.2 Å². The number of benzene rings is 4. The number of thioether (sulfide) groups is 1. The maximum atomic E-state index is 12.5. The van der Waals surface area contributed by atoms with Gasteiger partial charge in [0.25, 0.3) is 0 Å². The number of hydrogen-bond donors (Lipinski definition) is 2. The van der Waals surface area contributed by atoms with Crippen molar-refractivity contribution in [1.82, 2.24) is 5.32 Å². The third-order valence-electron chi connectivity index (χ3n) is 7.29. The summed E-state index contributed by atoms with van der Waals surface area (Å²) in [5.74, 6) is 0.755. The number of phosphoric acid groups is 1. The van der Waals surface area contributed by atoms with Crippen molar-refractivity contribution in [3.8, 4) is 11.5 Å². The van der Waals surface area contributed by atoms with Crippen molar-refractivity contribution in [3.63, 3.8) is 0 Å². The van der Waals surface area contributed by atoms with E-state index in [4.69, 9.17) is 13.8 Å². The van der Waals surface area contributed by atoms with E-state index >= 15 is 0 Å². The molecule has 1 heterocycles. The smallest absolute Gasteiger partial charge is 0.410 e. The molecule has 1 unspecified atom stereocenters. The Labute approximate surface area is 268 Å². The number of hydrogen-bond acceptors (Lipinski definition) is 7. The van der Waals surface area contributed by atoms with Crippen LogP contribution >= 0.6 is 19.6 Å². The first-order chi connectivity index (χ1) is 21.8. The molecule has 1 aliphatic heterocycles. The van der Waals surface area contributed by atoms with Crippen LogP contribution in [0, 0.1) is 0 Å². The highest BCUT2D eigenvalue weighted by atomic mass is 32.2. The van der Waals surface area contributed by atoms with Crippen molar-refractivity contribution < 1.29 is 28.0 Å². The second kappa shape index (κ2) is 15.3. The topological polar surface area (TPSA) is 97.3 Å². The van der Waals surface area contributed by atoms with E-state index in [9.17, 15) is 14.3 Å². The van der Waals surface area contributed by atoms with E-state index in [1.165, 1.54) is 16.7 Å². The summed E-state index contributed by atoms with van der Waals surface area (Å²) in [7, 11) is -2.17. The molecule has 0 aliphatic carbocycles. The second-order valence-electron chi connectivity index (χ2n) is 10.5. The first-order valence-electron chi connectivity index (χ1n) is 14.9. The van der Waals surface area contributed by atoms with Gasteiger partial charge in [0, 0.05) is 46.6 Å². The minimum Gasteiger partial charge on any atom is -0.410 e. The quantitative estimate of drug-likeness (QED) is 0.0845. The second-order valence-corrected chi connectivity index (χ2v) is 13.2. The Balaban J connectivity index is 1.06. The van der Waals surface area contributed by atoms with E-state index in [-0.39, 0.29) is 12.4 Å². The Morgan fingerprint density at radius 3 is 2.07 bits per heavy atom. The molecule has 1 aliphatic rings. The fraction of sp³-hybridized carbons (Fsp3) is 0.229. The number of allylic oxidation sites excluding steroid dienone is 1. The Bertz CT molecular complexity index is 1630. The summed E-state index contributed by atoms with van der Waals surface area (Å²) in [6, 6.07) is 32.8. The fourth-order valence-electron chi connectivity index (χ4n) is 5.15. The number of carbonyl (C=O) groups excluding carboxylic acids is 1. The number of anilines is 2. The highest BCUT2D eigenvalue weighted by Crippen LogP contribution is 2.48. The van der Waals surface area contributed by atoms with Crippen LogP contribution in [0.25, 0.3) is 5.57 Å². The Kier molecular flexibility index (Phi) is 11.0. The molecule has 10 heteroatoms. The van der Waals surface area contributed by atoms with Gasteiger partial charge in [0.1, 0.15) is 11.5 Å². The first-order valence-corrected chi connectivity index (χ1v) is 17.2. The molecule has 0 aromatic heterocycles. The summed E-state index contributed by atoms with van der Waals surface area (Å²) < 4.78 is 28.2. The predicted octanol–water partition coefficient (Wildman–Crippen LogP) is 9.18. The summed E-state index contributed by atoms with van der Waals surface area (Å²) in [5, 5.41) is 2.71. The molecule has 0 saturated heterocycles. The van der Waals surface area contributed by atoms with Gasteiger partial charge in [0.2, 0.25) is 0 Å². The lowest BCUT2D eigenvalue weighted by Crippen LogP contribution is -2.27. The molecule has 1 atom stereocenters. The van der Waals surface area contributed by atoms with Gasteiger partial charge >= 0.3 is 13.9 Å². The molecule has 0 bridgehead atoms. The highest BCUT2D eigenvalue weighted by Gasteiger charge is 2.26. The average Bonchev–Trinajstić information content (AvgIpc) is 3.04. The van der Waals surface area contributed by atoms with Gasteiger partial charge in [-0.15, -0.1) is 0 Å². The molecular formula is C35H37N2O6PS. The molecule has 0 fully saturated rings. The number of fused-ring (bicyclic) bond motifs is 2. The van der Waals surface area contributed by atoms with Gasteiger partial charge in [-0.1, -0.05) is 79.2 Å². The molecule has 234 valence electrons. The normalized spacial score (nSPS) is 13.3. The third-order valence-corrected chi connectivity index (χ3v) is 9.25. The molecule has 45 heavy (non-hydrogen) atoms. The molecule has 0 spiro atoms. The minimum atomic E-state index is -4.26. The first kappa shape index (κ1) is 32.4. The monoisotopic (exact) mass is 644 g/mol. The summed E-state index contributed by atoms with van der Waals surface area (Å²) in [6.45, 7) is 2.70. The molecule has 1 amide bonds. The van der Waals surface area contributed by atoms with E-state index in [2.05, 4.69) is 72.7 Å². The van der Waals surface area contributed by atoms with Crippen LogP contribution in [0.15, 0.2) is 113 Å². The van der Waals surface area contributed by atoms with E-state index in [0.717, 1.165) is 40.4 Å². The van der Waals surface area contributed by atoms with Gasteiger partial charge in [-0.05, 0) is 73.2 Å². The van der Waals surface area contributed by atoms with Crippen molar-refractivity contribution in [2.45, 2.75) is 37.5 Å². The summed E-state index contributed by atoms with van der Waals surface area (Å²) in [6.07, 6.45) is 2.47. The highest BCUT2D eigenvalue weighted by molar-refractivity contribution is 8.03. The van der Waals surface area contributed by atoms with Gasteiger partial charge in [-0.25, -0.2) is 9.36 Å². The Morgan fingerprint density at radius 2 is 1.40 bits per heavy atom. The van der Waals surface area contributed by atoms with Crippen LogP contribution in [-0.4, -0.2) is 31.2 Å². The van der Waals surface area contributed by atoms with E-state index < -0.39 is 13.9 Å². The fourth-order valence-corrected chi connectivity index (χ4v) is 6.90. The number of nitrogens with one attached hydrogen (secondary N) is 1. The maximum absolute atomic E-state index is 12.5. The summed E-state index contributed by atoms with van der Waals surface area (Å²) in [5.41, 5.74) is 5.88. The Morgan fingerprint density at radius 1 is 0.800 bits per heavy atom. The maximum Gasteiger partial charge on any atom is 0.527 e. The van der Waals surface area contributed by atoms with E-state index in [1.54, 1.807) is 48.2 Å². The SMILES string of the molecule is CC(Sc1ccc(OP(=O)(O)OCCCCCCNC(=O)Oc2ccccc2)cc1)=C1c2ccccc2N(C)c2ccccc21. The van der Waals surface area contributed by atoms with Crippen LogP contribution < -0.4 is 19.5 Å². The van der Waals surface area contributed by atoms with Crippen LogP contribution in [0.2, 0.25) is 0 Å². The lowest BCUT2D eigenvalue weighted by molar-refractivity contribution is 0.196. The summed E-state index contributed by atoms with van der Waals surface area (Å²) in [4.78, 5) is 26.4. The van der Waals surface area contributed by atoms with Crippen molar-refractivity contribution in [3.05, 3.63) is 119 Å². The average molecular weight is 645 g/mol. The van der Waals surface area contributed by atoms with Crippen molar-refractivity contribution in [2.75, 3.05) is 25.1 Å². The number of ether oxygens (including phenoxy) is 1. The number of nitrogens with zero attached hydrogens (tertiary/aromatic N) is 1. The molecule has 0 saturated carbocycles. The number of rotatable bonds is 13. The zero-order chi connectivity index (χ0) is 31.6. The van der Waals surface area contributed by atoms with Crippen molar-refractivity contribution in [1.29, 1.82) is 0 Å². The van der Waals surface area contributed by atoms with Gasteiger partial charge in [-0.3, -0.25) is 9.42 Å². The molecule has 8 nitrogen and oxygen atoms in total. The molecule has 4 aromatic carbocycles. The van der Waals surface area contributed by atoms with Crippen LogP contribution in [-0.2, 0) is 9.09 Å². The van der Waals surface area contributed by atoms with Gasteiger partial charge in [0.05, 0.1) is 6.61 Å². The molecule has 4 aromatic rings.